The fraction of sp³-hybridized carbons (Fsp3) is 0.292. The summed E-state index contributed by atoms with van der Waals surface area (Å²) < 4.78 is 15.0. The number of benzene rings is 2. The van der Waals surface area contributed by atoms with E-state index in [1.807, 2.05) is 39.4 Å². The van der Waals surface area contributed by atoms with E-state index in [9.17, 15) is 14.9 Å². The van der Waals surface area contributed by atoms with Crippen molar-refractivity contribution in [3.63, 3.8) is 0 Å². The van der Waals surface area contributed by atoms with Crippen LogP contribution in [0.4, 0.5) is 21.5 Å². The Labute approximate surface area is 194 Å². The second-order valence-electron chi connectivity index (χ2n) is 8.25. The Morgan fingerprint density at radius 3 is 2.39 bits per heavy atom. The van der Waals surface area contributed by atoms with E-state index in [0.717, 1.165) is 18.1 Å². The molecule has 3 aromatic rings. The van der Waals surface area contributed by atoms with E-state index in [-0.39, 0.29) is 11.6 Å². The van der Waals surface area contributed by atoms with Crippen molar-refractivity contribution in [2.45, 2.75) is 13.0 Å². The maximum Gasteiger partial charge on any atom is 0.295 e. The monoisotopic (exact) mass is 466 g/mol. The molecule has 170 valence electrons. The van der Waals surface area contributed by atoms with Crippen molar-refractivity contribution >= 4 is 34.3 Å². The van der Waals surface area contributed by atoms with Gasteiger partial charge in [-0.05, 0) is 35.1 Å². The van der Waals surface area contributed by atoms with E-state index < -0.39 is 10.7 Å². The quantitative estimate of drug-likeness (QED) is 0.423. The first-order valence-electron chi connectivity index (χ1n) is 10.9. The minimum atomic E-state index is -0.587. The zero-order valence-electron chi connectivity index (χ0n) is 17.9. The lowest BCUT2D eigenvalue weighted by molar-refractivity contribution is -0.384. The summed E-state index contributed by atoms with van der Waals surface area (Å²) in [5.41, 5.74) is 2.93. The molecule has 2 aliphatic heterocycles. The molecule has 3 heterocycles. The third kappa shape index (κ3) is 4.16. The summed E-state index contributed by atoms with van der Waals surface area (Å²) in [7, 11) is 0. The summed E-state index contributed by atoms with van der Waals surface area (Å²) >= 11 is 1.40. The van der Waals surface area contributed by atoms with Gasteiger partial charge in [-0.3, -0.25) is 14.9 Å². The van der Waals surface area contributed by atoms with Gasteiger partial charge in [0.05, 0.1) is 21.6 Å². The Bertz CT molecular complexity index is 1190. The molecule has 2 aliphatic rings. The number of nitro groups is 1. The van der Waals surface area contributed by atoms with Gasteiger partial charge >= 0.3 is 0 Å². The number of anilines is 2. The van der Waals surface area contributed by atoms with E-state index in [2.05, 4.69) is 6.07 Å². The van der Waals surface area contributed by atoms with Crippen LogP contribution in [0.25, 0.3) is 0 Å². The van der Waals surface area contributed by atoms with Crippen LogP contribution in [0.3, 0.4) is 0 Å². The molecular formula is C24H23FN4O3S. The molecule has 2 aromatic carbocycles. The lowest BCUT2D eigenvalue weighted by Crippen LogP contribution is -2.48. The maximum atomic E-state index is 15.0. The molecule has 1 amide bonds. The highest BCUT2D eigenvalue weighted by atomic mass is 32.1. The van der Waals surface area contributed by atoms with Crippen molar-refractivity contribution in [3.05, 3.63) is 85.8 Å². The minimum Gasteiger partial charge on any atom is -0.364 e. The van der Waals surface area contributed by atoms with Crippen LogP contribution in [0.2, 0.25) is 0 Å². The molecule has 0 N–H and O–H groups in total. The molecule has 0 unspecified atom stereocenters. The van der Waals surface area contributed by atoms with Crippen LogP contribution in [-0.2, 0) is 13.0 Å². The molecule has 33 heavy (non-hydrogen) atoms. The van der Waals surface area contributed by atoms with Crippen LogP contribution >= 0.6 is 11.3 Å². The van der Waals surface area contributed by atoms with Crippen LogP contribution in [-0.4, -0.2) is 48.5 Å². The second kappa shape index (κ2) is 8.82. The Balaban J connectivity index is 1.39. The Morgan fingerprint density at radius 2 is 1.70 bits per heavy atom. The Hall–Kier alpha value is -3.46. The number of hydrogen-bond acceptors (Lipinski definition) is 6. The van der Waals surface area contributed by atoms with E-state index in [0.29, 0.717) is 55.5 Å². The van der Waals surface area contributed by atoms with Gasteiger partial charge in [0, 0.05) is 39.3 Å². The van der Waals surface area contributed by atoms with Gasteiger partial charge in [-0.15, -0.1) is 11.3 Å². The summed E-state index contributed by atoms with van der Waals surface area (Å²) in [4.78, 5) is 30.1. The predicted molar refractivity (Wildman–Crippen MR) is 127 cm³/mol. The van der Waals surface area contributed by atoms with Gasteiger partial charge in [-0.1, -0.05) is 30.3 Å². The highest BCUT2D eigenvalue weighted by Crippen LogP contribution is 2.37. The number of piperazine rings is 1. The van der Waals surface area contributed by atoms with Crippen LogP contribution in [0.5, 0.6) is 0 Å². The number of halogens is 1. The highest BCUT2D eigenvalue weighted by Gasteiger charge is 2.30. The number of carbonyl (C=O) groups excluding carboxylic acids is 1. The van der Waals surface area contributed by atoms with E-state index in [1.54, 1.807) is 17.0 Å². The van der Waals surface area contributed by atoms with Gasteiger partial charge in [0.25, 0.3) is 11.6 Å². The molecule has 1 saturated heterocycles. The van der Waals surface area contributed by atoms with Crippen LogP contribution in [0.1, 0.15) is 20.8 Å². The van der Waals surface area contributed by atoms with Crippen molar-refractivity contribution in [2.24, 2.45) is 0 Å². The van der Waals surface area contributed by atoms with Gasteiger partial charge in [-0.25, -0.2) is 4.39 Å². The zero-order chi connectivity index (χ0) is 22.9. The summed E-state index contributed by atoms with van der Waals surface area (Å²) in [5.74, 6) is -0.609. The molecule has 0 saturated carbocycles. The maximum absolute atomic E-state index is 15.0. The number of nitrogens with zero attached hydrogens (tertiary/aromatic N) is 4. The standard InChI is InChI=1S/C24H23FN4O3S/c25-19-14-22(29(31)32)21(15-20(19)28-8-7-17-4-1-2-5-18(17)16-28)26-9-11-27(12-10-26)24(30)23-6-3-13-33-23/h1-6,13-15H,7-12,16H2. The van der Waals surface area contributed by atoms with Gasteiger partial charge in [-0.2, -0.15) is 0 Å². The summed E-state index contributed by atoms with van der Waals surface area (Å²) in [6.45, 7) is 3.02. The van der Waals surface area contributed by atoms with Crippen LogP contribution in [0, 0.1) is 15.9 Å². The van der Waals surface area contributed by atoms with Crippen LogP contribution < -0.4 is 9.80 Å². The molecule has 5 rings (SSSR count). The SMILES string of the molecule is O=C(c1cccs1)N1CCN(c2cc(N3CCc4ccccc4C3)c(F)cc2[N+](=O)[O-])CC1. The molecule has 1 aromatic heterocycles. The molecule has 0 bridgehead atoms. The van der Waals surface area contributed by atoms with E-state index in [4.69, 9.17) is 0 Å². The summed E-state index contributed by atoms with van der Waals surface area (Å²) in [6.07, 6.45) is 0.797. The average Bonchev–Trinajstić information content (AvgIpc) is 3.38. The first-order chi connectivity index (χ1) is 16.0. The minimum absolute atomic E-state index is 0.0223. The van der Waals surface area contributed by atoms with Crippen molar-refractivity contribution in [1.29, 1.82) is 0 Å². The molecule has 0 atom stereocenters. The van der Waals surface area contributed by atoms with Gasteiger partial charge in [0.2, 0.25) is 0 Å². The lowest BCUT2D eigenvalue weighted by Gasteiger charge is -2.36. The molecule has 1 fully saturated rings. The average molecular weight is 467 g/mol. The molecule has 0 radical (unpaired) electrons. The molecule has 9 heteroatoms. The molecule has 0 aliphatic carbocycles. The van der Waals surface area contributed by atoms with Crippen LogP contribution in [0.15, 0.2) is 53.9 Å². The Morgan fingerprint density at radius 1 is 0.939 bits per heavy atom. The first kappa shape index (κ1) is 21.4. The number of amides is 1. The first-order valence-corrected chi connectivity index (χ1v) is 11.8. The van der Waals surface area contributed by atoms with Gasteiger partial charge in [0.15, 0.2) is 5.82 Å². The van der Waals surface area contributed by atoms with Gasteiger partial charge in [0.1, 0.15) is 5.69 Å². The van der Waals surface area contributed by atoms with Crippen molar-refractivity contribution in [2.75, 3.05) is 42.5 Å². The molecule has 0 spiro atoms. The molecule has 7 nitrogen and oxygen atoms in total. The van der Waals surface area contributed by atoms with Gasteiger partial charge < -0.3 is 14.7 Å². The number of rotatable bonds is 4. The normalized spacial score (nSPS) is 16.0. The predicted octanol–water partition coefficient (Wildman–Crippen LogP) is 4.32. The van der Waals surface area contributed by atoms with E-state index in [1.165, 1.54) is 16.9 Å². The Kier molecular flexibility index (Phi) is 5.72. The number of carbonyl (C=O) groups is 1. The number of fused-ring (bicyclic) bond motifs is 1. The zero-order valence-corrected chi connectivity index (χ0v) is 18.8. The van der Waals surface area contributed by atoms with E-state index >= 15 is 4.39 Å². The fourth-order valence-corrected chi connectivity index (χ4v) is 5.28. The third-order valence-corrected chi connectivity index (χ3v) is 7.21. The third-order valence-electron chi connectivity index (χ3n) is 6.35. The summed E-state index contributed by atoms with van der Waals surface area (Å²) in [6, 6.07) is 14.4. The highest BCUT2D eigenvalue weighted by molar-refractivity contribution is 7.12. The number of hydrogen-bond donors (Lipinski definition) is 0. The largest absolute Gasteiger partial charge is 0.364 e. The number of thiophene rings is 1. The number of nitro benzene ring substituents is 1. The fourth-order valence-electron chi connectivity index (χ4n) is 4.59. The van der Waals surface area contributed by atoms with Crippen molar-refractivity contribution < 1.29 is 14.1 Å². The summed E-state index contributed by atoms with van der Waals surface area (Å²) in [5, 5.41) is 13.6. The molecular weight excluding hydrogens is 443 g/mol. The van der Waals surface area contributed by atoms with Crippen molar-refractivity contribution in [3.8, 4) is 0 Å². The lowest BCUT2D eigenvalue weighted by atomic mass is 9.99. The topological polar surface area (TPSA) is 69.9 Å². The second-order valence-corrected chi connectivity index (χ2v) is 9.19. The van der Waals surface area contributed by atoms with Crippen molar-refractivity contribution in [1.82, 2.24) is 4.90 Å². The smallest absolute Gasteiger partial charge is 0.295 e.